The number of aromatic nitrogens is 3. The number of hydrogen-bond acceptors (Lipinski definition) is 5. The fourth-order valence-electron chi connectivity index (χ4n) is 4.38. The van der Waals surface area contributed by atoms with Crippen LogP contribution in [0.15, 0.2) is 36.9 Å². The zero-order valence-electron chi connectivity index (χ0n) is 24.0. The Kier molecular flexibility index (Phi) is 15.4. The lowest BCUT2D eigenvalue weighted by molar-refractivity contribution is -0.134. The number of amides is 2. The van der Waals surface area contributed by atoms with E-state index >= 15 is 0 Å². The van der Waals surface area contributed by atoms with Crippen molar-refractivity contribution in [2.75, 3.05) is 26.7 Å². The number of likely N-dealkylation sites (N-methyl/N-ethyl adjacent to an activating group) is 1. The summed E-state index contributed by atoms with van der Waals surface area (Å²) in [7, 11) is 1.55. The highest BCUT2D eigenvalue weighted by Gasteiger charge is 2.39. The third kappa shape index (κ3) is 11.9. The molecule has 1 aliphatic heterocycles. The number of carbonyl (C=O) groups is 2. The predicted molar refractivity (Wildman–Crippen MR) is 151 cm³/mol. The van der Waals surface area contributed by atoms with E-state index in [1.165, 1.54) is 30.4 Å². The van der Waals surface area contributed by atoms with E-state index in [2.05, 4.69) is 79.2 Å². The van der Waals surface area contributed by atoms with Gasteiger partial charge in [0.1, 0.15) is 12.7 Å². The summed E-state index contributed by atoms with van der Waals surface area (Å²) in [5, 5.41) is 6.64. The number of nitrogens with two attached hydrogens (primary N) is 1. The Bertz CT molecular complexity index is 864. The van der Waals surface area contributed by atoms with Crippen LogP contribution in [0.3, 0.4) is 0 Å². The van der Waals surface area contributed by atoms with Crippen molar-refractivity contribution in [1.82, 2.24) is 25.0 Å². The van der Waals surface area contributed by atoms with E-state index in [0.717, 1.165) is 38.9 Å². The summed E-state index contributed by atoms with van der Waals surface area (Å²) in [4.78, 5) is 28.7. The van der Waals surface area contributed by atoms with Crippen LogP contribution in [0.1, 0.15) is 77.3 Å². The van der Waals surface area contributed by atoms with Gasteiger partial charge in [-0.2, -0.15) is 5.10 Å². The SMILES string of the molecule is CCCCC.CNC(=O)CN.Cc1ccc(CCC(=O)N2CCC(Cn3cncn3)(C(C)C)CC2)cc1. The van der Waals surface area contributed by atoms with E-state index in [4.69, 9.17) is 5.73 Å². The molecule has 0 radical (unpaired) electrons. The molecule has 37 heavy (non-hydrogen) atoms. The number of nitrogens with zero attached hydrogens (tertiary/aromatic N) is 4. The molecule has 0 saturated carbocycles. The molecule has 3 rings (SSSR count). The Morgan fingerprint density at radius 1 is 1.11 bits per heavy atom. The molecule has 1 fully saturated rings. The van der Waals surface area contributed by atoms with Crippen LogP contribution in [0, 0.1) is 18.3 Å². The number of piperidine rings is 1. The van der Waals surface area contributed by atoms with Gasteiger partial charge in [-0.1, -0.05) is 76.8 Å². The number of carbonyl (C=O) groups excluding carboxylic acids is 2. The van der Waals surface area contributed by atoms with Gasteiger partial charge >= 0.3 is 0 Å². The minimum absolute atomic E-state index is 0.0799. The Labute approximate surface area is 224 Å². The fraction of sp³-hybridized carbons (Fsp3) is 0.655. The van der Waals surface area contributed by atoms with Gasteiger partial charge < -0.3 is 16.0 Å². The Balaban J connectivity index is 0.000000524. The molecule has 1 aromatic heterocycles. The summed E-state index contributed by atoms with van der Waals surface area (Å²) in [5.74, 6) is 0.704. The molecule has 0 unspecified atom stereocenters. The van der Waals surface area contributed by atoms with Gasteiger partial charge in [-0.25, -0.2) is 4.98 Å². The van der Waals surface area contributed by atoms with Crippen molar-refractivity contribution in [2.45, 2.75) is 86.1 Å². The lowest BCUT2D eigenvalue weighted by Gasteiger charge is -2.44. The third-order valence-corrected chi connectivity index (χ3v) is 7.20. The van der Waals surface area contributed by atoms with Gasteiger partial charge in [-0.3, -0.25) is 14.3 Å². The van der Waals surface area contributed by atoms with Gasteiger partial charge in [0.25, 0.3) is 0 Å². The zero-order valence-corrected chi connectivity index (χ0v) is 24.0. The second-order valence-electron chi connectivity index (χ2n) is 10.2. The minimum atomic E-state index is -0.130. The molecule has 0 spiro atoms. The van der Waals surface area contributed by atoms with Crippen molar-refractivity contribution in [3.05, 3.63) is 48.0 Å². The Hall–Kier alpha value is -2.74. The van der Waals surface area contributed by atoms with Gasteiger partial charge in [-0.05, 0) is 43.1 Å². The smallest absolute Gasteiger partial charge is 0.233 e. The lowest BCUT2D eigenvalue weighted by Crippen LogP contribution is -2.47. The van der Waals surface area contributed by atoms with Crippen molar-refractivity contribution in [3.8, 4) is 0 Å². The van der Waals surface area contributed by atoms with E-state index < -0.39 is 0 Å². The van der Waals surface area contributed by atoms with E-state index in [9.17, 15) is 9.59 Å². The Morgan fingerprint density at radius 3 is 2.14 bits per heavy atom. The van der Waals surface area contributed by atoms with Gasteiger partial charge in [0.05, 0.1) is 6.54 Å². The zero-order chi connectivity index (χ0) is 27.7. The van der Waals surface area contributed by atoms with Crippen LogP contribution in [0.2, 0.25) is 0 Å². The van der Waals surface area contributed by atoms with Crippen LogP contribution in [0.4, 0.5) is 0 Å². The molecule has 0 atom stereocenters. The Morgan fingerprint density at radius 2 is 1.73 bits per heavy atom. The highest BCUT2D eigenvalue weighted by atomic mass is 16.2. The first-order valence-electron chi connectivity index (χ1n) is 13.8. The van der Waals surface area contributed by atoms with E-state index in [1.807, 2.05) is 4.68 Å². The van der Waals surface area contributed by atoms with Crippen molar-refractivity contribution in [3.63, 3.8) is 0 Å². The molecule has 8 nitrogen and oxygen atoms in total. The quantitative estimate of drug-likeness (QED) is 0.517. The van der Waals surface area contributed by atoms with Crippen LogP contribution in [-0.4, -0.2) is 58.2 Å². The van der Waals surface area contributed by atoms with Crippen LogP contribution in [-0.2, 0) is 22.6 Å². The van der Waals surface area contributed by atoms with Gasteiger partial charge in [-0.15, -0.1) is 0 Å². The van der Waals surface area contributed by atoms with Gasteiger partial charge in [0.15, 0.2) is 0 Å². The average molecular weight is 515 g/mol. The van der Waals surface area contributed by atoms with Crippen LogP contribution in [0.5, 0.6) is 0 Å². The molecule has 2 aromatic rings. The van der Waals surface area contributed by atoms with Crippen LogP contribution in [0.25, 0.3) is 0 Å². The molecule has 208 valence electrons. The molecule has 8 heteroatoms. The summed E-state index contributed by atoms with van der Waals surface area (Å²) in [6.07, 6.45) is 10.9. The second-order valence-corrected chi connectivity index (χ2v) is 10.2. The minimum Gasteiger partial charge on any atom is -0.358 e. The normalized spacial score (nSPS) is 14.2. The molecule has 2 amide bonds. The van der Waals surface area contributed by atoms with Crippen molar-refractivity contribution in [1.29, 1.82) is 0 Å². The average Bonchev–Trinajstić information content (AvgIpc) is 3.42. The van der Waals surface area contributed by atoms with E-state index in [-0.39, 0.29) is 23.8 Å². The fourth-order valence-corrected chi connectivity index (χ4v) is 4.38. The second kappa shape index (κ2) is 17.7. The molecule has 1 aromatic carbocycles. The molecule has 1 saturated heterocycles. The number of rotatable bonds is 9. The molecular weight excluding hydrogens is 464 g/mol. The van der Waals surface area contributed by atoms with Crippen molar-refractivity contribution < 1.29 is 9.59 Å². The number of aryl methyl sites for hydroxylation is 2. The number of benzene rings is 1. The number of unbranched alkanes of at least 4 members (excludes halogenated alkanes) is 2. The summed E-state index contributed by atoms with van der Waals surface area (Å²) >= 11 is 0. The molecule has 2 heterocycles. The summed E-state index contributed by atoms with van der Waals surface area (Å²) in [6, 6.07) is 8.48. The van der Waals surface area contributed by atoms with Gasteiger partial charge in [0, 0.05) is 33.1 Å². The standard InChI is InChI=1S/C21H30N4O.C5H12.C3H8N2O/c1-17(2)21(14-25-16-22-15-23-25)10-12-24(13-11-21)20(26)9-8-19-6-4-18(3)5-7-19;1-3-5-4-2;1-5-3(6)2-4/h4-7,15-17H,8-14H2,1-3H3;3-5H2,1-2H3;2,4H2,1H3,(H,5,6). The van der Waals surface area contributed by atoms with Gasteiger partial charge in [0.2, 0.25) is 11.8 Å². The van der Waals surface area contributed by atoms with Crippen LogP contribution < -0.4 is 11.1 Å². The largest absolute Gasteiger partial charge is 0.358 e. The molecule has 3 N–H and O–H groups in total. The first-order chi connectivity index (χ1) is 17.7. The predicted octanol–water partition coefficient (Wildman–Crippen LogP) is 4.37. The molecular formula is C29H50N6O2. The highest BCUT2D eigenvalue weighted by molar-refractivity contribution is 5.77. The van der Waals surface area contributed by atoms with E-state index in [0.29, 0.717) is 12.3 Å². The molecule has 0 aliphatic carbocycles. The first kappa shape index (κ1) is 32.3. The van der Waals surface area contributed by atoms with Crippen LogP contribution >= 0.6 is 0 Å². The molecule has 1 aliphatic rings. The van der Waals surface area contributed by atoms with Crippen molar-refractivity contribution in [2.24, 2.45) is 17.1 Å². The highest BCUT2D eigenvalue weighted by Crippen LogP contribution is 2.40. The summed E-state index contributed by atoms with van der Waals surface area (Å²) in [5.41, 5.74) is 7.56. The lowest BCUT2D eigenvalue weighted by atomic mass is 9.70. The summed E-state index contributed by atoms with van der Waals surface area (Å²) < 4.78 is 1.94. The maximum absolute atomic E-state index is 12.6. The first-order valence-corrected chi connectivity index (χ1v) is 13.8. The third-order valence-electron chi connectivity index (χ3n) is 7.20. The maximum Gasteiger partial charge on any atom is 0.233 e. The number of nitrogens with one attached hydrogen (secondary N) is 1. The number of hydrogen-bond donors (Lipinski definition) is 2. The maximum atomic E-state index is 12.6. The van der Waals surface area contributed by atoms with Crippen molar-refractivity contribution >= 4 is 11.8 Å². The van der Waals surface area contributed by atoms with E-state index in [1.54, 1.807) is 19.7 Å². The summed E-state index contributed by atoms with van der Waals surface area (Å²) in [6.45, 7) is 13.7. The monoisotopic (exact) mass is 514 g/mol. The molecule has 0 bridgehead atoms. The number of likely N-dealkylation sites (tertiary alicyclic amines) is 1. The topological polar surface area (TPSA) is 106 Å².